The summed E-state index contributed by atoms with van der Waals surface area (Å²) in [6.07, 6.45) is -1.35. The fourth-order valence-electron chi connectivity index (χ4n) is 2.50. The highest BCUT2D eigenvalue weighted by Gasteiger charge is 2.33. The maximum Gasteiger partial charge on any atom is 0.435 e. The summed E-state index contributed by atoms with van der Waals surface area (Å²) in [4.78, 5) is 0. The third-order valence-corrected chi connectivity index (χ3v) is 4.58. The van der Waals surface area contributed by atoms with Crippen LogP contribution in [0.15, 0.2) is 54.9 Å². The zero-order valence-electron chi connectivity index (χ0n) is 14.3. The molecule has 4 rings (SSSR count). The molecule has 0 atom stereocenters. The summed E-state index contributed by atoms with van der Waals surface area (Å²) >= 11 is 1.23. The lowest BCUT2D eigenvalue weighted by Gasteiger charge is -2.01. The molecule has 144 valence electrons. The molecular weight excluding hydrogens is 391 g/mol. The number of aromatic nitrogens is 6. The molecule has 1 aromatic carbocycles. The number of rotatable bonds is 6. The number of hydrogen-bond donors (Lipinski definition) is 1. The minimum atomic E-state index is -4.46. The normalized spacial score (nSPS) is 11.7. The van der Waals surface area contributed by atoms with Crippen molar-refractivity contribution in [2.45, 2.75) is 19.3 Å². The van der Waals surface area contributed by atoms with Gasteiger partial charge in [0.25, 0.3) is 0 Å². The van der Waals surface area contributed by atoms with Gasteiger partial charge in [-0.1, -0.05) is 41.7 Å². The second kappa shape index (κ2) is 7.43. The number of benzene rings is 1. The van der Waals surface area contributed by atoms with E-state index < -0.39 is 11.9 Å². The SMILES string of the molecule is FC(F)(F)c1ccn(Cc2nnc(Nc3ccn(Cc4ccccc4)n3)s2)n1. The zero-order valence-corrected chi connectivity index (χ0v) is 15.2. The van der Waals surface area contributed by atoms with Gasteiger partial charge in [0, 0.05) is 18.5 Å². The van der Waals surface area contributed by atoms with Crippen LogP contribution >= 0.6 is 11.3 Å². The van der Waals surface area contributed by atoms with Crippen LogP contribution in [-0.4, -0.2) is 29.8 Å². The van der Waals surface area contributed by atoms with Crippen molar-refractivity contribution in [2.75, 3.05) is 5.32 Å². The molecule has 1 N–H and O–H groups in total. The van der Waals surface area contributed by atoms with Crippen molar-refractivity contribution >= 4 is 22.3 Å². The summed E-state index contributed by atoms with van der Waals surface area (Å²) in [5.74, 6) is 0.608. The lowest BCUT2D eigenvalue weighted by atomic mass is 10.2. The first-order chi connectivity index (χ1) is 13.5. The second-order valence-electron chi connectivity index (χ2n) is 5.91. The van der Waals surface area contributed by atoms with E-state index in [4.69, 9.17) is 0 Å². The van der Waals surface area contributed by atoms with Gasteiger partial charge in [0.1, 0.15) is 5.01 Å². The second-order valence-corrected chi connectivity index (χ2v) is 6.97. The van der Waals surface area contributed by atoms with Crippen LogP contribution < -0.4 is 5.32 Å². The molecule has 0 aliphatic carbocycles. The van der Waals surface area contributed by atoms with Gasteiger partial charge in [-0.05, 0) is 11.6 Å². The van der Waals surface area contributed by atoms with Gasteiger partial charge in [-0.15, -0.1) is 10.2 Å². The Bertz CT molecular complexity index is 1050. The molecule has 0 saturated carbocycles. The van der Waals surface area contributed by atoms with Gasteiger partial charge in [-0.3, -0.25) is 9.36 Å². The number of halogens is 3. The Hall–Kier alpha value is -3.21. The van der Waals surface area contributed by atoms with E-state index in [2.05, 4.69) is 25.7 Å². The van der Waals surface area contributed by atoms with Crippen LogP contribution in [0.5, 0.6) is 0 Å². The first-order valence-corrected chi connectivity index (χ1v) is 9.05. The maximum absolute atomic E-state index is 12.6. The Kier molecular flexibility index (Phi) is 4.82. The topological polar surface area (TPSA) is 73.5 Å². The fraction of sp³-hybridized carbons (Fsp3) is 0.176. The molecule has 0 saturated heterocycles. The van der Waals surface area contributed by atoms with Crippen molar-refractivity contribution < 1.29 is 13.2 Å². The molecule has 3 heterocycles. The van der Waals surface area contributed by atoms with Gasteiger partial charge >= 0.3 is 6.18 Å². The molecule has 0 bridgehead atoms. The van der Waals surface area contributed by atoms with Crippen molar-refractivity contribution in [1.82, 2.24) is 29.8 Å². The van der Waals surface area contributed by atoms with E-state index in [0.29, 0.717) is 22.5 Å². The average molecular weight is 405 g/mol. The molecule has 0 amide bonds. The van der Waals surface area contributed by atoms with Crippen LogP contribution in [0, 0.1) is 0 Å². The molecular formula is C17H14F3N7S. The van der Waals surface area contributed by atoms with Gasteiger partial charge in [0.05, 0.1) is 13.1 Å². The first-order valence-electron chi connectivity index (χ1n) is 8.23. The van der Waals surface area contributed by atoms with E-state index >= 15 is 0 Å². The third kappa shape index (κ3) is 4.36. The molecule has 7 nitrogen and oxygen atoms in total. The molecule has 3 aromatic heterocycles. The van der Waals surface area contributed by atoms with Gasteiger partial charge in [0.15, 0.2) is 11.5 Å². The number of nitrogens with zero attached hydrogens (tertiary/aromatic N) is 6. The summed E-state index contributed by atoms with van der Waals surface area (Å²) in [6, 6.07) is 12.7. The van der Waals surface area contributed by atoms with Crippen LogP contribution in [0.1, 0.15) is 16.3 Å². The summed E-state index contributed by atoms with van der Waals surface area (Å²) in [5.41, 5.74) is 0.201. The van der Waals surface area contributed by atoms with E-state index in [0.717, 1.165) is 11.6 Å². The predicted molar refractivity (Wildman–Crippen MR) is 97.3 cm³/mol. The van der Waals surface area contributed by atoms with E-state index in [1.807, 2.05) is 42.6 Å². The minimum Gasteiger partial charge on any atom is -0.313 e. The zero-order chi connectivity index (χ0) is 19.6. The molecule has 4 aromatic rings. The lowest BCUT2D eigenvalue weighted by molar-refractivity contribution is -0.141. The van der Waals surface area contributed by atoms with Crippen LogP contribution in [0.25, 0.3) is 0 Å². The van der Waals surface area contributed by atoms with Crippen LogP contribution in [0.3, 0.4) is 0 Å². The van der Waals surface area contributed by atoms with Gasteiger partial charge < -0.3 is 5.32 Å². The monoisotopic (exact) mass is 405 g/mol. The molecule has 0 radical (unpaired) electrons. The summed E-state index contributed by atoms with van der Waals surface area (Å²) in [7, 11) is 0. The van der Waals surface area contributed by atoms with Crippen molar-refractivity contribution in [3.63, 3.8) is 0 Å². The molecule has 11 heteroatoms. The van der Waals surface area contributed by atoms with E-state index in [9.17, 15) is 13.2 Å². The first kappa shape index (κ1) is 18.2. The van der Waals surface area contributed by atoms with Crippen LogP contribution in [0.4, 0.5) is 24.1 Å². The van der Waals surface area contributed by atoms with Crippen molar-refractivity contribution in [2.24, 2.45) is 0 Å². The number of hydrogen-bond acceptors (Lipinski definition) is 6. The van der Waals surface area contributed by atoms with Crippen molar-refractivity contribution in [1.29, 1.82) is 0 Å². The van der Waals surface area contributed by atoms with E-state index in [-0.39, 0.29) is 6.54 Å². The van der Waals surface area contributed by atoms with Gasteiger partial charge in [-0.25, -0.2) is 0 Å². The highest BCUT2D eigenvalue weighted by atomic mass is 32.1. The van der Waals surface area contributed by atoms with E-state index in [1.165, 1.54) is 22.2 Å². The maximum atomic E-state index is 12.6. The fourth-order valence-corrected chi connectivity index (χ4v) is 3.24. The molecule has 0 fully saturated rings. The third-order valence-electron chi connectivity index (χ3n) is 3.76. The highest BCUT2D eigenvalue weighted by Crippen LogP contribution is 2.27. The summed E-state index contributed by atoms with van der Waals surface area (Å²) < 4.78 is 40.8. The highest BCUT2D eigenvalue weighted by molar-refractivity contribution is 7.15. The largest absolute Gasteiger partial charge is 0.435 e. The Morgan fingerprint density at radius 3 is 2.39 bits per heavy atom. The Morgan fingerprint density at radius 2 is 1.64 bits per heavy atom. The molecule has 0 spiro atoms. The molecule has 0 aliphatic heterocycles. The Morgan fingerprint density at radius 1 is 0.893 bits per heavy atom. The average Bonchev–Trinajstić information content (AvgIpc) is 3.38. The Labute approximate surface area is 161 Å². The lowest BCUT2D eigenvalue weighted by Crippen LogP contribution is -2.08. The minimum absolute atomic E-state index is 0.109. The number of anilines is 2. The quantitative estimate of drug-likeness (QED) is 0.528. The van der Waals surface area contributed by atoms with Crippen molar-refractivity contribution in [3.05, 3.63) is 71.1 Å². The smallest absolute Gasteiger partial charge is 0.313 e. The molecule has 0 unspecified atom stereocenters. The number of alkyl halides is 3. The van der Waals surface area contributed by atoms with Crippen molar-refractivity contribution in [3.8, 4) is 0 Å². The van der Waals surface area contributed by atoms with Crippen LogP contribution in [-0.2, 0) is 19.3 Å². The summed E-state index contributed by atoms with van der Waals surface area (Å²) in [6.45, 7) is 0.753. The van der Waals surface area contributed by atoms with Gasteiger partial charge in [0.2, 0.25) is 5.13 Å². The Balaban J connectivity index is 1.38. The predicted octanol–water partition coefficient (Wildman–Crippen LogP) is 3.79. The summed E-state index contributed by atoms with van der Waals surface area (Å²) in [5, 5.41) is 20.0. The standard InChI is InChI=1S/C17H14F3N7S/c18-17(19,20)13-6-8-27(24-13)11-15-22-23-16(28-15)21-14-7-9-26(25-14)10-12-4-2-1-3-5-12/h1-9H,10-11H2,(H,21,23,25). The van der Waals surface area contributed by atoms with E-state index in [1.54, 1.807) is 4.68 Å². The molecule has 0 aliphatic rings. The van der Waals surface area contributed by atoms with Gasteiger partial charge in [-0.2, -0.15) is 23.4 Å². The molecule has 28 heavy (non-hydrogen) atoms. The van der Waals surface area contributed by atoms with Crippen LogP contribution in [0.2, 0.25) is 0 Å². The number of nitrogens with one attached hydrogen (secondary N) is 1.